The number of thioether (sulfide) groups is 1. The van der Waals surface area contributed by atoms with Crippen molar-refractivity contribution in [2.24, 2.45) is 0 Å². The monoisotopic (exact) mass is 296 g/mol. The first kappa shape index (κ1) is 13.7. The number of alkyl halides is 1. The van der Waals surface area contributed by atoms with Gasteiger partial charge in [-0.2, -0.15) is 5.10 Å². The smallest absolute Gasteiger partial charge is 0.330 e. The van der Waals surface area contributed by atoms with Gasteiger partial charge in [0, 0.05) is 11.8 Å². The van der Waals surface area contributed by atoms with E-state index in [1.54, 1.807) is 0 Å². The number of nitrogens with zero attached hydrogens (tertiary/aromatic N) is 1. The van der Waals surface area contributed by atoms with E-state index in [1.165, 1.54) is 23.1 Å². The lowest BCUT2D eigenvalue weighted by molar-refractivity contribution is -0.140. The average Bonchev–Trinajstić information content (AvgIpc) is 2.69. The molecule has 1 atom stereocenters. The van der Waals surface area contributed by atoms with Crippen molar-refractivity contribution >= 4 is 52.9 Å². The summed E-state index contributed by atoms with van der Waals surface area (Å²) in [6.07, 6.45) is 0.762. The molecule has 0 saturated carbocycles. The molecule has 88 valence electrons. The van der Waals surface area contributed by atoms with Crippen molar-refractivity contribution in [3.63, 3.8) is 0 Å². The van der Waals surface area contributed by atoms with E-state index < -0.39 is 5.97 Å². The molecule has 0 spiro atoms. The van der Waals surface area contributed by atoms with Gasteiger partial charge in [0.1, 0.15) is 6.10 Å². The van der Waals surface area contributed by atoms with E-state index in [9.17, 15) is 4.79 Å². The minimum absolute atomic E-state index is 0.238. The molecule has 1 N–H and O–H groups in total. The molecule has 0 fully saturated rings. The number of aromatic nitrogens is 2. The van der Waals surface area contributed by atoms with Crippen LogP contribution in [0.4, 0.5) is 0 Å². The predicted octanol–water partition coefficient (Wildman–Crippen LogP) is 2.63. The number of carbonyl (C=O) groups excluding carboxylic acids is 1. The Balaban J connectivity index is 2.42. The molecule has 0 aliphatic heterocycles. The van der Waals surface area contributed by atoms with Gasteiger partial charge in [-0.05, 0) is 12.2 Å². The standard InChI is InChI=1S/C8H9ClN2O2S3/c1-2-6(12)13-5(3-9)4-15-8-11-10-7(14)16-8/h2,5H,1,3-4H2,(H,10,14). The third-order valence-electron chi connectivity index (χ3n) is 1.43. The van der Waals surface area contributed by atoms with Crippen molar-refractivity contribution in [1.82, 2.24) is 10.2 Å². The molecule has 1 rings (SSSR count). The van der Waals surface area contributed by atoms with Gasteiger partial charge in [-0.1, -0.05) is 29.7 Å². The Morgan fingerprint density at radius 1 is 1.88 bits per heavy atom. The number of rotatable bonds is 6. The van der Waals surface area contributed by atoms with Crippen LogP contribution in [0, 0.1) is 3.95 Å². The zero-order valence-corrected chi connectivity index (χ0v) is 11.3. The third-order valence-corrected chi connectivity index (χ3v) is 4.14. The van der Waals surface area contributed by atoms with Crippen LogP contribution in [0.3, 0.4) is 0 Å². The highest BCUT2D eigenvalue weighted by Gasteiger charge is 2.13. The van der Waals surface area contributed by atoms with Gasteiger partial charge in [0.05, 0.1) is 5.88 Å². The molecule has 0 aromatic carbocycles. The molecule has 1 unspecified atom stereocenters. The maximum atomic E-state index is 11.0. The number of H-pyrrole nitrogens is 1. The average molecular weight is 297 g/mol. The van der Waals surface area contributed by atoms with Crippen molar-refractivity contribution in [2.75, 3.05) is 11.6 Å². The van der Waals surface area contributed by atoms with Crippen LogP contribution in [0.25, 0.3) is 0 Å². The molecule has 4 nitrogen and oxygen atoms in total. The van der Waals surface area contributed by atoms with Gasteiger partial charge < -0.3 is 4.74 Å². The summed E-state index contributed by atoms with van der Waals surface area (Å²) in [5, 5.41) is 6.64. The minimum Gasteiger partial charge on any atom is -0.457 e. The number of halogens is 1. The van der Waals surface area contributed by atoms with E-state index in [0.717, 1.165) is 10.4 Å². The molecule has 0 amide bonds. The Morgan fingerprint density at radius 2 is 2.62 bits per heavy atom. The lowest BCUT2D eigenvalue weighted by Crippen LogP contribution is -2.21. The lowest BCUT2D eigenvalue weighted by atomic mass is 10.4. The van der Waals surface area contributed by atoms with Crippen LogP contribution >= 0.6 is 46.9 Å². The molecule has 8 heteroatoms. The molecule has 0 radical (unpaired) electrons. The lowest BCUT2D eigenvalue weighted by Gasteiger charge is -2.12. The number of hydrogen-bond acceptors (Lipinski definition) is 6. The van der Waals surface area contributed by atoms with Crippen LogP contribution < -0.4 is 0 Å². The fraction of sp³-hybridized carbons (Fsp3) is 0.375. The second kappa shape index (κ2) is 7.05. The van der Waals surface area contributed by atoms with Gasteiger partial charge in [-0.3, -0.25) is 5.10 Å². The molecule has 0 aliphatic rings. The van der Waals surface area contributed by atoms with Crippen molar-refractivity contribution in [1.29, 1.82) is 0 Å². The SMILES string of the molecule is C=CC(=O)OC(CCl)CSc1n[nH]c(=S)s1. The van der Waals surface area contributed by atoms with E-state index in [-0.39, 0.29) is 12.0 Å². The molecule has 16 heavy (non-hydrogen) atoms. The summed E-state index contributed by atoms with van der Waals surface area (Å²) in [5.74, 6) is 0.308. The summed E-state index contributed by atoms with van der Waals surface area (Å²) >= 11 is 13.4. The second-order valence-electron chi connectivity index (χ2n) is 2.61. The van der Waals surface area contributed by atoms with Crippen LogP contribution in [0.1, 0.15) is 0 Å². The second-order valence-corrected chi connectivity index (χ2v) is 5.85. The van der Waals surface area contributed by atoms with E-state index in [4.69, 9.17) is 28.6 Å². The Kier molecular flexibility index (Phi) is 6.04. The van der Waals surface area contributed by atoms with E-state index >= 15 is 0 Å². The summed E-state index contributed by atoms with van der Waals surface area (Å²) in [6, 6.07) is 0. The quantitative estimate of drug-likeness (QED) is 0.287. The maximum Gasteiger partial charge on any atom is 0.330 e. The molecule has 1 heterocycles. The highest BCUT2D eigenvalue weighted by atomic mass is 35.5. The molecule has 0 saturated heterocycles. The molecule has 1 aromatic rings. The molecule has 1 aromatic heterocycles. The normalized spacial score (nSPS) is 12.1. The fourth-order valence-corrected chi connectivity index (χ4v) is 3.16. The first-order valence-corrected chi connectivity index (χ1v) is 6.97. The molecule has 0 aliphatic carbocycles. The zero-order valence-electron chi connectivity index (χ0n) is 8.14. The van der Waals surface area contributed by atoms with Gasteiger partial charge in [0.2, 0.25) is 0 Å². The summed E-state index contributed by atoms with van der Waals surface area (Å²) in [5.41, 5.74) is 0. The van der Waals surface area contributed by atoms with Crippen molar-refractivity contribution in [3.8, 4) is 0 Å². The van der Waals surface area contributed by atoms with Gasteiger partial charge in [-0.25, -0.2) is 4.79 Å². The highest BCUT2D eigenvalue weighted by Crippen LogP contribution is 2.22. The number of ether oxygens (including phenoxy) is 1. The summed E-state index contributed by atoms with van der Waals surface area (Å²) < 4.78 is 6.43. The van der Waals surface area contributed by atoms with Gasteiger partial charge in [0.25, 0.3) is 0 Å². The van der Waals surface area contributed by atoms with Gasteiger partial charge in [-0.15, -0.1) is 11.6 Å². The number of carbonyl (C=O) groups is 1. The number of esters is 1. The summed E-state index contributed by atoms with van der Waals surface area (Å²) in [6.45, 7) is 3.32. The van der Waals surface area contributed by atoms with E-state index in [0.29, 0.717) is 9.71 Å². The number of hydrogen-bond donors (Lipinski definition) is 1. The van der Waals surface area contributed by atoms with Crippen molar-refractivity contribution in [2.45, 2.75) is 10.4 Å². The third kappa shape index (κ3) is 4.65. The van der Waals surface area contributed by atoms with E-state index in [2.05, 4.69) is 16.8 Å². The Labute approximate surface area is 111 Å². The Morgan fingerprint density at radius 3 is 3.12 bits per heavy atom. The zero-order chi connectivity index (χ0) is 12.0. The molecule has 0 bridgehead atoms. The maximum absolute atomic E-state index is 11.0. The van der Waals surface area contributed by atoms with Crippen LogP contribution in [-0.2, 0) is 9.53 Å². The van der Waals surface area contributed by atoms with Crippen molar-refractivity contribution < 1.29 is 9.53 Å². The van der Waals surface area contributed by atoms with Crippen LogP contribution in [0.15, 0.2) is 17.0 Å². The minimum atomic E-state index is -0.471. The van der Waals surface area contributed by atoms with Crippen molar-refractivity contribution in [3.05, 3.63) is 16.6 Å². The predicted molar refractivity (Wildman–Crippen MR) is 68.8 cm³/mol. The topological polar surface area (TPSA) is 55.0 Å². The van der Waals surface area contributed by atoms with Gasteiger partial charge >= 0.3 is 5.97 Å². The first-order valence-electron chi connectivity index (χ1n) is 4.23. The molecular formula is C8H9ClN2O2S3. The molecular weight excluding hydrogens is 288 g/mol. The van der Waals surface area contributed by atoms with Crippen LogP contribution in [0.5, 0.6) is 0 Å². The number of nitrogens with one attached hydrogen (secondary N) is 1. The van der Waals surface area contributed by atoms with E-state index in [1.807, 2.05) is 0 Å². The van der Waals surface area contributed by atoms with Gasteiger partial charge in [0.15, 0.2) is 8.29 Å². The van der Waals surface area contributed by atoms with Crippen LogP contribution in [0.2, 0.25) is 0 Å². The Bertz CT molecular complexity index is 417. The fourth-order valence-electron chi connectivity index (χ4n) is 0.765. The highest BCUT2D eigenvalue weighted by molar-refractivity contribution is 8.01. The largest absolute Gasteiger partial charge is 0.457 e. The number of aromatic amines is 1. The summed E-state index contributed by atoms with van der Waals surface area (Å²) in [4.78, 5) is 11.0. The Hall–Kier alpha value is -0.370. The van der Waals surface area contributed by atoms with Crippen LogP contribution in [-0.4, -0.2) is 33.9 Å². The first-order chi connectivity index (χ1) is 7.65. The summed E-state index contributed by atoms with van der Waals surface area (Å²) in [7, 11) is 0.